The number of carbonyl (C=O) groups excluding carboxylic acids is 1. The Hall–Kier alpha value is -1.99. The highest BCUT2D eigenvalue weighted by molar-refractivity contribution is 7.14. The molecule has 1 amide bonds. The fraction of sp³-hybridized carbons (Fsp3) is 0.640. The largest absolute Gasteiger partial charge is 0.444 e. The minimum Gasteiger partial charge on any atom is -0.444 e. The number of hydrogen-bond acceptors (Lipinski definition) is 6. The molecule has 7 heteroatoms. The maximum atomic E-state index is 11.6. The number of aliphatic hydroxyl groups is 1. The molecule has 6 nitrogen and oxygen atoms in total. The number of rotatable bonds is 9. The van der Waals surface area contributed by atoms with Crippen LogP contribution in [0.2, 0.25) is 0 Å². The Balaban J connectivity index is 0.000000339. The van der Waals surface area contributed by atoms with E-state index in [9.17, 15) is 9.90 Å². The average molecular weight is 464 g/mol. The number of aromatic nitrogens is 2. The van der Waals surface area contributed by atoms with Crippen LogP contribution in [0.15, 0.2) is 30.6 Å². The van der Waals surface area contributed by atoms with Gasteiger partial charge in [0.05, 0.1) is 11.3 Å². The maximum Gasteiger partial charge on any atom is 0.407 e. The molecule has 2 rings (SSSR count). The minimum absolute atomic E-state index is 0.252. The monoisotopic (exact) mass is 463 g/mol. The van der Waals surface area contributed by atoms with Crippen LogP contribution >= 0.6 is 11.3 Å². The van der Waals surface area contributed by atoms with Crippen molar-refractivity contribution in [3.63, 3.8) is 0 Å². The van der Waals surface area contributed by atoms with Crippen molar-refractivity contribution >= 4 is 17.4 Å². The minimum atomic E-state index is -0.823. The van der Waals surface area contributed by atoms with Gasteiger partial charge in [0.1, 0.15) is 10.6 Å². The lowest BCUT2D eigenvalue weighted by Crippen LogP contribution is -2.44. The van der Waals surface area contributed by atoms with Crippen LogP contribution in [0.3, 0.4) is 0 Å². The number of pyridine rings is 1. The number of alkyl carbamates (subject to hydrolysis) is 1. The van der Waals surface area contributed by atoms with Crippen LogP contribution in [0.4, 0.5) is 4.79 Å². The molecule has 0 aliphatic rings. The molecule has 0 radical (unpaired) electrons. The molecule has 0 aromatic carbocycles. The van der Waals surface area contributed by atoms with Gasteiger partial charge in [-0.25, -0.2) is 9.78 Å². The standard InChI is InChI=1S/C15H31NO3.C10H10N2S/c1-7-9-15(18,10-8-12(2)3)11-16-13(17)19-14(4,5)6;1-2-8-7-12-10(13-8)9-5-3-4-6-11-9/h12,18H,7-11H2,1-6H3,(H,16,17);3-7H,2H2,1H3. The van der Waals surface area contributed by atoms with Crippen molar-refractivity contribution in [1.82, 2.24) is 15.3 Å². The molecule has 1 atom stereocenters. The molecular formula is C25H41N3O3S. The van der Waals surface area contributed by atoms with E-state index in [0.29, 0.717) is 18.8 Å². The summed E-state index contributed by atoms with van der Waals surface area (Å²) in [4.78, 5) is 21.5. The second-order valence-corrected chi connectivity index (χ2v) is 10.6. The molecule has 180 valence electrons. The van der Waals surface area contributed by atoms with Crippen molar-refractivity contribution in [2.75, 3.05) is 6.54 Å². The number of aryl methyl sites for hydroxylation is 1. The second-order valence-electron chi connectivity index (χ2n) is 9.46. The van der Waals surface area contributed by atoms with Crippen LogP contribution in [0.5, 0.6) is 0 Å². The fourth-order valence-electron chi connectivity index (χ4n) is 2.95. The van der Waals surface area contributed by atoms with E-state index in [2.05, 4.69) is 36.1 Å². The molecule has 0 saturated heterocycles. The van der Waals surface area contributed by atoms with Gasteiger partial charge in [-0.15, -0.1) is 11.3 Å². The van der Waals surface area contributed by atoms with Gasteiger partial charge < -0.3 is 15.2 Å². The number of thiazole rings is 1. The van der Waals surface area contributed by atoms with Crippen molar-refractivity contribution in [2.45, 2.75) is 91.8 Å². The normalized spacial score (nSPS) is 13.2. The third kappa shape index (κ3) is 11.6. The Morgan fingerprint density at radius 3 is 2.41 bits per heavy atom. The van der Waals surface area contributed by atoms with Crippen LogP contribution in [0, 0.1) is 5.92 Å². The Kier molecular flexibility index (Phi) is 11.9. The lowest BCUT2D eigenvalue weighted by Gasteiger charge is -2.29. The summed E-state index contributed by atoms with van der Waals surface area (Å²) in [6.45, 7) is 14.2. The van der Waals surface area contributed by atoms with E-state index in [1.165, 1.54) is 4.88 Å². The molecule has 1 unspecified atom stereocenters. The summed E-state index contributed by atoms with van der Waals surface area (Å²) in [5.41, 5.74) is -0.368. The molecule has 2 aromatic rings. The van der Waals surface area contributed by atoms with Crippen LogP contribution < -0.4 is 5.32 Å². The number of hydrogen-bond donors (Lipinski definition) is 2. The van der Waals surface area contributed by atoms with Crippen molar-refractivity contribution in [3.8, 4) is 10.7 Å². The molecule has 32 heavy (non-hydrogen) atoms. The van der Waals surface area contributed by atoms with Crippen LogP contribution in [0.25, 0.3) is 10.7 Å². The predicted octanol–water partition coefficient (Wildman–Crippen LogP) is 6.25. The summed E-state index contributed by atoms with van der Waals surface area (Å²) in [5, 5.41) is 14.2. The molecule has 2 heterocycles. The zero-order valence-electron chi connectivity index (χ0n) is 20.8. The first-order valence-electron chi connectivity index (χ1n) is 11.5. The summed E-state index contributed by atoms with van der Waals surface area (Å²) in [6.07, 6.45) is 7.54. The molecule has 0 spiro atoms. The highest BCUT2D eigenvalue weighted by Crippen LogP contribution is 2.23. The molecule has 2 aromatic heterocycles. The average Bonchev–Trinajstić information content (AvgIpc) is 3.21. The molecule has 0 fully saturated rings. The molecule has 2 N–H and O–H groups in total. The number of carbonyl (C=O) groups is 1. The van der Waals surface area contributed by atoms with Gasteiger partial charge >= 0.3 is 6.09 Å². The first-order valence-corrected chi connectivity index (χ1v) is 12.3. The van der Waals surface area contributed by atoms with Crippen molar-refractivity contribution in [3.05, 3.63) is 35.5 Å². The Morgan fingerprint density at radius 1 is 1.19 bits per heavy atom. The van der Waals surface area contributed by atoms with Crippen molar-refractivity contribution in [2.24, 2.45) is 5.92 Å². The predicted molar refractivity (Wildman–Crippen MR) is 133 cm³/mol. The Bertz CT molecular complexity index is 787. The number of amides is 1. The summed E-state index contributed by atoms with van der Waals surface area (Å²) in [6, 6.07) is 5.88. The zero-order valence-corrected chi connectivity index (χ0v) is 21.6. The highest BCUT2D eigenvalue weighted by atomic mass is 32.1. The van der Waals surface area contributed by atoms with Crippen molar-refractivity contribution < 1.29 is 14.6 Å². The molecular weight excluding hydrogens is 422 g/mol. The third-order valence-electron chi connectivity index (χ3n) is 4.65. The van der Waals surface area contributed by atoms with Gasteiger partial charge in [-0.05, 0) is 64.5 Å². The van der Waals surface area contributed by atoms with Crippen LogP contribution in [-0.4, -0.2) is 38.9 Å². The topological polar surface area (TPSA) is 84.3 Å². The molecule has 0 saturated carbocycles. The molecule has 0 aliphatic carbocycles. The second kappa shape index (κ2) is 13.5. The highest BCUT2D eigenvalue weighted by Gasteiger charge is 2.27. The number of ether oxygens (including phenoxy) is 1. The number of nitrogens with zero attached hydrogens (tertiary/aromatic N) is 2. The smallest absolute Gasteiger partial charge is 0.407 e. The lowest BCUT2D eigenvalue weighted by molar-refractivity contribution is 0.00865. The first kappa shape index (κ1) is 28.0. The quantitative estimate of drug-likeness (QED) is 0.459. The summed E-state index contributed by atoms with van der Waals surface area (Å²) in [5.74, 6) is 0.546. The Morgan fingerprint density at radius 2 is 1.91 bits per heavy atom. The summed E-state index contributed by atoms with van der Waals surface area (Å²) in [7, 11) is 0. The maximum absolute atomic E-state index is 11.6. The SMILES string of the molecule is CCCC(O)(CCC(C)C)CNC(=O)OC(C)(C)C.CCc1cnc(-c2ccccn2)s1. The van der Waals surface area contributed by atoms with Crippen LogP contribution in [-0.2, 0) is 11.2 Å². The van der Waals surface area contributed by atoms with E-state index in [1.54, 1.807) is 17.5 Å². The van der Waals surface area contributed by atoms with E-state index in [4.69, 9.17) is 4.74 Å². The van der Waals surface area contributed by atoms with E-state index >= 15 is 0 Å². The van der Waals surface area contributed by atoms with Gasteiger partial charge in [-0.3, -0.25) is 4.98 Å². The van der Waals surface area contributed by atoms with Crippen molar-refractivity contribution in [1.29, 1.82) is 0 Å². The fourth-order valence-corrected chi connectivity index (χ4v) is 3.78. The van der Waals surface area contributed by atoms with Gasteiger partial charge in [0.2, 0.25) is 0 Å². The van der Waals surface area contributed by atoms with Gasteiger partial charge in [-0.1, -0.05) is 40.2 Å². The zero-order chi connectivity index (χ0) is 24.2. The molecule has 0 bridgehead atoms. The van der Waals surface area contributed by atoms with Gasteiger partial charge in [0.15, 0.2) is 0 Å². The van der Waals surface area contributed by atoms with E-state index < -0.39 is 17.3 Å². The van der Waals surface area contributed by atoms with E-state index in [1.807, 2.05) is 52.1 Å². The van der Waals surface area contributed by atoms with E-state index in [0.717, 1.165) is 30.0 Å². The Labute approximate surface area is 197 Å². The van der Waals surface area contributed by atoms with Gasteiger partial charge in [0, 0.05) is 23.8 Å². The summed E-state index contributed by atoms with van der Waals surface area (Å²) < 4.78 is 5.18. The third-order valence-corrected chi connectivity index (χ3v) is 5.81. The summed E-state index contributed by atoms with van der Waals surface area (Å²) >= 11 is 1.71. The van der Waals surface area contributed by atoms with Crippen LogP contribution in [0.1, 0.15) is 79.0 Å². The van der Waals surface area contributed by atoms with Gasteiger partial charge in [0.25, 0.3) is 0 Å². The lowest BCUT2D eigenvalue weighted by atomic mass is 9.89. The van der Waals surface area contributed by atoms with E-state index in [-0.39, 0.29) is 6.54 Å². The number of nitrogens with one attached hydrogen (secondary N) is 1. The molecule has 0 aliphatic heterocycles. The van der Waals surface area contributed by atoms with Gasteiger partial charge in [-0.2, -0.15) is 0 Å². The first-order chi connectivity index (χ1) is 15.0.